The Kier molecular flexibility index (Phi) is 4.04. The summed E-state index contributed by atoms with van der Waals surface area (Å²) >= 11 is 0. The number of aromatic amines is 1. The maximum atomic E-state index is 11.3. The van der Waals surface area contributed by atoms with Crippen LogP contribution in [0.5, 0.6) is 0 Å². The van der Waals surface area contributed by atoms with Gasteiger partial charge >= 0.3 is 0 Å². The minimum atomic E-state index is -0.109. The van der Waals surface area contributed by atoms with Crippen molar-refractivity contribution < 1.29 is 9.59 Å². The largest absolute Gasteiger partial charge is 0.338 e. The van der Waals surface area contributed by atoms with E-state index in [-0.39, 0.29) is 11.8 Å². The van der Waals surface area contributed by atoms with Crippen molar-refractivity contribution in [2.45, 2.75) is 20.8 Å². The zero-order valence-electron chi connectivity index (χ0n) is 13.7. The first-order chi connectivity index (χ1) is 11.4. The number of aromatic nitrogens is 2. The van der Waals surface area contributed by atoms with Gasteiger partial charge in [-0.2, -0.15) is 0 Å². The Morgan fingerprint density at radius 1 is 0.958 bits per heavy atom. The monoisotopic (exact) mass is 322 g/mol. The molecule has 6 heteroatoms. The van der Waals surface area contributed by atoms with Crippen LogP contribution >= 0.6 is 0 Å². The zero-order chi connectivity index (χ0) is 17.3. The highest BCUT2D eigenvalue weighted by Crippen LogP contribution is 2.27. The summed E-state index contributed by atoms with van der Waals surface area (Å²) in [5, 5.41) is 5.54. The van der Waals surface area contributed by atoms with Crippen LogP contribution in [-0.4, -0.2) is 21.8 Å². The molecule has 1 heterocycles. The molecular weight excluding hydrogens is 304 g/mol. The number of imidazole rings is 1. The van der Waals surface area contributed by atoms with E-state index in [4.69, 9.17) is 0 Å². The number of hydrogen-bond acceptors (Lipinski definition) is 3. The number of H-pyrrole nitrogens is 1. The van der Waals surface area contributed by atoms with E-state index in [1.807, 2.05) is 43.3 Å². The van der Waals surface area contributed by atoms with E-state index < -0.39 is 0 Å². The number of amides is 2. The van der Waals surface area contributed by atoms with Gasteiger partial charge in [-0.05, 0) is 43.3 Å². The third-order valence-electron chi connectivity index (χ3n) is 3.70. The van der Waals surface area contributed by atoms with Crippen LogP contribution in [0, 0.1) is 6.92 Å². The van der Waals surface area contributed by atoms with Gasteiger partial charge in [0, 0.05) is 36.3 Å². The number of benzene rings is 2. The van der Waals surface area contributed by atoms with Gasteiger partial charge in [-0.3, -0.25) is 9.59 Å². The highest BCUT2D eigenvalue weighted by Gasteiger charge is 2.11. The Morgan fingerprint density at radius 3 is 2.25 bits per heavy atom. The average Bonchev–Trinajstić information content (AvgIpc) is 2.95. The molecule has 0 fully saturated rings. The summed E-state index contributed by atoms with van der Waals surface area (Å²) in [5.74, 6) is 0.525. The molecule has 0 aliphatic heterocycles. The van der Waals surface area contributed by atoms with Gasteiger partial charge in [-0.1, -0.05) is 0 Å². The minimum absolute atomic E-state index is 0.104. The van der Waals surface area contributed by atoms with Crippen LogP contribution in [-0.2, 0) is 9.59 Å². The van der Waals surface area contributed by atoms with Gasteiger partial charge in [-0.15, -0.1) is 0 Å². The molecule has 3 N–H and O–H groups in total. The first kappa shape index (κ1) is 15.7. The SMILES string of the molecule is CC(=O)Nc1ccc(-c2nc3c(C)c(NC(C)=O)ccc3[nH]2)cc1. The summed E-state index contributed by atoms with van der Waals surface area (Å²) in [4.78, 5) is 30.3. The predicted octanol–water partition coefficient (Wildman–Crippen LogP) is 3.46. The Bertz CT molecular complexity index is 926. The van der Waals surface area contributed by atoms with E-state index in [0.717, 1.165) is 39.4 Å². The number of nitrogens with zero attached hydrogens (tertiary/aromatic N) is 1. The topological polar surface area (TPSA) is 86.9 Å². The van der Waals surface area contributed by atoms with Crippen LogP contribution in [0.3, 0.4) is 0 Å². The molecule has 122 valence electrons. The van der Waals surface area contributed by atoms with Crippen molar-refractivity contribution in [1.29, 1.82) is 0 Å². The van der Waals surface area contributed by atoms with E-state index in [2.05, 4.69) is 20.6 Å². The minimum Gasteiger partial charge on any atom is -0.338 e. The Morgan fingerprint density at radius 2 is 1.62 bits per heavy atom. The predicted molar refractivity (Wildman–Crippen MR) is 94.9 cm³/mol. The van der Waals surface area contributed by atoms with Crippen molar-refractivity contribution in [3.63, 3.8) is 0 Å². The molecule has 6 nitrogen and oxygen atoms in total. The van der Waals surface area contributed by atoms with Gasteiger partial charge in [0.25, 0.3) is 0 Å². The van der Waals surface area contributed by atoms with Gasteiger partial charge < -0.3 is 15.6 Å². The highest BCUT2D eigenvalue weighted by atomic mass is 16.2. The molecule has 0 radical (unpaired) electrons. The number of fused-ring (bicyclic) bond motifs is 1. The fourth-order valence-electron chi connectivity index (χ4n) is 2.59. The number of rotatable bonds is 3. The molecule has 1 aromatic heterocycles. The molecule has 0 aliphatic rings. The molecule has 2 amide bonds. The fraction of sp³-hybridized carbons (Fsp3) is 0.167. The first-order valence-corrected chi connectivity index (χ1v) is 7.59. The van der Waals surface area contributed by atoms with Crippen molar-refractivity contribution >= 4 is 34.2 Å². The lowest BCUT2D eigenvalue weighted by molar-refractivity contribution is -0.115. The molecule has 24 heavy (non-hydrogen) atoms. The van der Waals surface area contributed by atoms with Crippen LogP contribution in [0.1, 0.15) is 19.4 Å². The molecule has 0 bridgehead atoms. The van der Waals surface area contributed by atoms with Crippen LogP contribution < -0.4 is 10.6 Å². The smallest absolute Gasteiger partial charge is 0.221 e. The summed E-state index contributed by atoms with van der Waals surface area (Å²) in [6, 6.07) is 11.2. The molecule has 0 saturated heterocycles. The summed E-state index contributed by atoms with van der Waals surface area (Å²) in [5.41, 5.74) is 5.06. The second-order valence-electron chi connectivity index (χ2n) is 5.66. The second-order valence-corrected chi connectivity index (χ2v) is 5.66. The Labute approximate surface area is 139 Å². The summed E-state index contributed by atoms with van der Waals surface area (Å²) < 4.78 is 0. The quantitative estimate of drug-likeness (QED) is 0.690. The van der Waals surface area contributed by atoms with Crippen LogP contribution in [0.15, 0.2) is 36.4 Å². The second kappa shape index (κ2) is 6.16. The van der Waals surface area contributed by atoms with Crippen molar-refractivity contribution in [2.24, 2.45) is 0 Å². The van der Waals surface area contributed by atoms with Gasteiger partial charge in [0.05, 0.1) is 11.0 Å². The maximum absolute atomic E-state index is 11.3. The molecular formula is C18H18N4O2. The van der Waals surface area contributed by atoms with E-state index in [9.17, 15) is 9.59 Å². The van der Waals surface area contributed by atoms with Crippen LogP contribution in [0.4, 0.5) is 11.4 Å². The van der Waals surface area contributed by atoms with Crippen molar-refractivity contribution in [1.82, 2.24) is 9.97 Å². The summed E-state index contributed by atoms with van der Waals surface area (Å²) in [6.45, 7) is 4.89. The van der Waals surface area contributed by atoms with E-state index in [0.29, 0.717) is 0 Å². The van der Waals surface area contributed by atoms with Gasteiger partial charge in [0.15, 0.2) is 0 Å². The van der Waals surface area contributed by atoms with Gasteiger partial charge in [-0.25, -0.2) is 4.98 Å². The molecule has 0 saturated carbocycles. The van der Waals surface area contributed by atoms with Crippen LogP contribution in [0.25, 0.3) is 22.4 Å². The Hall–Kier alpha value is -3.15. The third kappa shape index (κ3) is 3.12. The van der Waals surface area contributed by atoms with Crippen molar-refractivity contribution in [3.8, 4) is 11.4 Å². The molecule has 3 rings (SSSR count). The first-order valence-electron chi connectivity index (χ1n) is 7.59. The van der Waals surface area contributed by atoms with E-state index >= 15 is 0 Å². The van der Waals surface area contributed by atoms with Gasteiger partial charge in [0.1, 0.15) is 5.82 Å². The van der Waals surface area contributed by atoms with E-state index in [1.54, 1.807) is 0 Å². The lowest BCUT2D eigenvalue weighted by Crippen LogP contribution is -2.07. The maximum Gasteiger partial charge on any atom is 0.221 e. The molecule has 3 aromatic rings. The number of nitrogens with one attached hydrogen (secondary N) is 3. The van der Waals surface area contributed by atoms with Crippen molar-refractivity contribution in [2.75, 3.05) is 10.6 Å². The lowest BCUT2D eigenvalue weighted by Gasteiger charge is -2.05. The van der Waals surface area contributed by atoms with Crippen molar-refractivity contribution in [3.05, 3.63) is 42.0 Å². The highest BCUT2D eigenvalue weighted by molar-refractivity contribution is 5.94. The normalized spacial score (nSPS) is 10.6. The van der Waals surface area contributed by atoms with Crippen LogP contribution in [0.2, 0.25) is 0 Å². The molecule has 2 aromatic carbocycles. The average molecular weight is 322 g/mol. The van der Waals surface area contributed by atoms with Gasteiger partial charge in [0.2, 0.25) is 11.8 Å². The molecule has 0 spiro atoms. The number of carbonyl (C=O) groups is 2. The fourth-order valence-corrected chi connectivity index (χ4v) is 2.59. The number of anilines is 2. The lowest BCUT2D eigenvalue weighted by atomic mass is 10.1. The zero-order valence-corrected chi connectivity index (χ0v) is 13.7. The standard InChI is InChI=1S/C18H18N4O2/c1-10-15(20-12(3)24)8-9-16-17(10)22-18(21-16)13-4-6-14(7-5-13)19-11(2)23/h4-9H,1-3H3,(H,19,23)(H,20,24)(H,21,22). The van der Waals surface area contributed by atoms with E-state index in [1.165, 1.54) is 13.8 Å². The molecule has 0 unspecified atom stereocenters. The third-order valence-corrected chi connectivity index (χ3v) is 3.70. The summed E-state index contributed by atoms with van der Waals surface area (Å²) in [6.07, 6.45) is 0. The summed E-state index contributed by atoms with van der Waals surface area (Å²) in [7, 11) is 0. The molecule has 0 atom stereocenters. The number of hydrogen-bond donors (Lipinski definition) is 3. The molecule has 0 aliphatic carbocycles. The number of aryl methyl sites for hydroxylation is 1. The Balaban J connectivity index is 1.97. The number of carbonyl (C=O) groups excluding carboxylic acids is 2.